The number of carbonyl (C=O) groups excluding carboxylic acids is 1. The minimum absolute atomic E-state index is 0.00136. The van der Waals surface area contributed by atoms with E-state index in [2.05, 4.69) is 5.32 Å². The number of sulfonamides is 1. The van der Waals surface area contributed by atoms with Gasteiger partial charge in [-0.15, -0.1) is 0 Å². The Labute approximate surface area is 221 Å². The van der Waals surface area contributed by atoms with Gasteiger partial charge in [0.05, 0.1) is 29.4 Å². The molecule has 4 rings (SSSR count). The van der Waals surface area contributed by atoms with Crippen LogP contribution in [0.2, 0.25) is 5.02 Å². The highest BCUT2D eigenvalue weighted by Crippen LogP contribution is 2.25. The standard InChI is InChI=1S/C27H27ClN4O4S/c1-20-8-12-23(13-9-20)32-26(18-25(30-32)21-6-4-3-5-7-21)29-27(33)19-31(16-17-36-2)37(34,35)24-14-10-22(28)11-15-24/h3-15,18H,16-17,19H2,1-2H3,(H,29,33). The predicted molar refractivity (Wildman–Crippen MR) is 144 cm³/mol. The molecule has 0 atom stereocenters. The zero-order valence-electron chi connectivity index (χ0n) is 20.5. The van der Waals surface area contributed by atoms with Crippen LogP contribution in [0.1, 0.15) is 5.56 Å². The first-order valence-electron chi connectivity index (χ1n) is 11.5. The monoisotopic (exact) mass is 538 g/mol. The zero-order chi connectivity index (χ0) is 26.4. The topological polar surface area (TPSA) is 93.5 Å². The van der Waals surface area contributed by atoms with Crippen molar-refractivity contribution < 1.29 is 17.9 Å². The molecule has 0 aliphatic carbocycles. The number of nitrogens with one attached hydrogen (secondary N) is 1. The minimum Gasteiger partial charge on any atom is -0.383 e. The number of methoxy groups -OCH3 is 1. The first kappa shape index (κ1) is 26.6. The molecule has 1 N–H and O–H groups in total. The SMILES string of the molecule is COCCN(CC(=O)Nc1cc(-c2ccccc2)nn1-c1ccc(C)cc1)S(=O)(=O)c1ccc(Cl)cc1. The molecule has 1 aromatic heterocycles. The van der Waals surface area contributed by atoms with Gasteiger partial charge >= 0.3 is 0 Å². The van der Waals surface area contributed by atoms with Crippen LogP contribution in [-0.4, -0.2) is 55.2 Å². The van der Waals surface area contributed by atoms with Gasteiger partial charge in [0.15, 0.2) is 0 Å². The second-order valence-corrected chi connectivity index (χ2v) is 10.7. The maximum atomic E-state index is 13.3. The first-order chi connectivity index (χ1) is 17.8. The molecule has 3 aromatic carbocycles. The lowest BCUT2D eigenvalue weighted by Crippen LogP contribution is -2.40. The van der Waals surface area contributed by atoms with Crippen molar-refractivity contribution in [2.45, 2.75) is 11.8 Å². The van der Waals surface area contributed by atoms with Gasteiger partial charge in [-0.25, -0.2) is 13.1 Å². The first-order valence-corrected chi connectivity index (χ1v) is 13.4. The van der Waals surface area contributed by atoms with Gasteiger partial charge in [-0.3, -0.25) is 4.79 Å². The highest BCUT2D eigenvalue weighted by atomic mass is 35.5. The van der Waals surface area contributed by atoms with Gasteiger partial charge in [0.25, 0.3) is 0 Å². The number of aromatic nitrogens is 2. The van der Waals surface area contributed by atoms with Gasteiger partial charge in [0.2, 0.25) is 15.9 Å². The van der Waals surface area contributed by atoms with Crippen LogP contribution in [-0.2, 0) is 19.6 Å². The number of ether oxygens (including phenoxy) is 1. The normalized spacial score (nSPS) is 11.6. The fourth-order valence-electron chi connectivity index (χ4n) is 3.68. The molecule has 0 aliphatic heterocycles. The molecule has 0 unspecified atom stereocenters. The van der Waals surface area contributed by atoms with Crippen LogP contribution in [0.25, 0.3) is 16.9 Å². The molecule has 8 nitrogen and oxygen atoms in total. The lowest BCUT2D eigenvalue weighted by molar-refractivity contribution is -0.116. The fourth-order valence-corrected chi connectivity index (χ4v) is 5.18. The van der Waals surface area contributed by atoms with E-state index in [1.165, 1.54) is 31.4 Å². The lowest BCUT2D eigenvalue weighted by atomic mass is 10.1. The smallest absolute Gasteiger partial charge is 0.243 e. The van der Waals surface area contributed by atoms with Crippen molar-refractivity contribution in [3.63, 3.8) is 0 Å². The summed E-state index contributed by atoms with van der Waals surface area (Å²) in [5, 5.41) is 7.97. The Morgan fingerprint density at radius 2 is 1.70 bits per heavy atom. The van der Waals surface area contributed by atoms with Crippen molar-refractivity contribution in [2.75, 3.05) is 32.1 Å². The average molecular weight is 539 g/mol. The van der Waals surface area contributed by atoms with Crippen molar-refractivity contribution in [1.29, 1.82) is 0 Å². The maximum Gasteiger partial charge on any atom is 0.243 e. The van der Waals surface area contributed by atoms with E-state index in [9.17, 15) is 13.2 Å². The molecule has 4 aromatic rings. The van der Waals surface area contributed by atoms with Gasteiger partial charge in [-0.05, 0) is 43.3 Å². The number of halogens is 1. The Morgan fingerprint density at radius 3 is 2.35 bits per heavy atom. The quantitative estimate of drug-likeness (QED) is 0.314. The predicted octanol–water partition coefficient (Wildman–Crippen LogP) is 4.78. The summed E-state index contributed by atoms with van der Waals surface area (Å²) in [6.07, 6.45) is 0. The van der Waals surface area contributed by atoms with Crippen LogP contribution in [0.3, 0.4) is 0 Å². The summed E-state index contributed by atoms with van der Waals surface area (Å²) in [6, 6.07) is 24.9. The van der Waals surface area contributed by atoms with Crippen molar-refractivity contribution >= 4 is 33.3 Å². The Morgan fingerprint density at radius 1 is 1.03 bits per heavy atom. The summed E-state index contributed by atoms with van der Waals surface area (Å²) in [7, 11) is -2.50. The van der Waals surface area contributed by atoms with E-state index in [0.717, 1.165) is 21.1 Å². The molecule has 0 saturated heterocycles. The molecule has 10 heteroatoms. The Kier molecular flexibility index (Phi) is 8.40. The van der Waals surface area contributed by atoms with Gasteiger partial charge in [-0.2, -0.15) is 9.40 Å². The Balaban J connectivity index is 1.63. The molecule has 1 amide bonds. The van der Waals surface area contributed by atoms with Gasteiger partial charge in [-0.1, -0.05) is 59.6 Å². The summed E-state index contributed by atoms with van der Waals surface area (Å²) in [4.78, 5) is 13.2. The van der Waals surface area contributed by atoms with E-state index in [1.807, 2.05) is 61.5 Å². The molecular weight excluding hydrogens is 512 g/mol. The van der Waals surface area contributed by atoms with E-state index >= 15 is 0 Å². The van der Waals surface area contributed by atoms with Crippen molar-refractivity contribution in [3.05, 3.63) is 95.5 Å². The Hall–Kier alpha value is -3.50. The van der Waals surface area contributed by atoms with Crippen molar-refractivity contribution in [1.82, 2.24) is 14.1 Å². The number of aryl methyl sites for hydroxylation is 1. The summed E-state index contributed by atoms with van der Waals surface area (Å²) in [6.45, 7) is 1.70. The summed E-state index contributed by atoms with van der Waals surface area (Å²) >= 11 is 5.92. The molecule has 0 radical (unpaired) electrons. The number of anilines is 1. The molecule has 0 fully saturated rings. The zero-order valence-corrected chi connectivity index (χ0v) is 22.0. The number of carbonyl (C=O) groups is 1. The van der Waals surface area contributed by atoms with Crippen molar-refractivity contribution in [3.8, 4) is 16.9 Å². The minimum atomic E-state index is -3.97. The third kappa shape index (κ3) is 6.44. The van der Waals surface area contributed by atoms with Gasteiger partial charge in [0.1, 0.15) is 5.82 Å². The van der Waals surface area contributed by atoms with Crippen LogP contribution in [0.15, 0.2) is 89.8 Å². The van der Waals surface area contributed by atoms with Crippen LogP contribution in [0, 0.1) is 6.92 Å². The second-order valence-electron chi connectivity index (χ2n) is 8.36. The van der Waals surface area contributed by atoms with E-state index in [1.54, 1.807) is 10.7 Å². The number of rotatable bonds is 10. The highest BCUT2D eigenvalue weighted by molar-refractivity contribution is 7.89. The third-order valence-electron chi connectivity index (χ3n) is 5.64. The third-order valence-corrected chi connectivity index (χ3v) is 7.75. The van der Waals surface area contributed by atoms with E-state index in [-0.39, 0.29) is 18.0 Å². The Bertz CT molecular complexity index is 1450. The molecule has 37 heavy (non-hydrogen) atoms. The van der Waals surface area contributed by atoms with Gasteiger partial charge < -0.3 is 10.1 Å². The lowest BCUT2D eigenvalue weighted by Gasteiger charge is -2.21. The molecule has 0 bridgehead atoms. The highest BCUT2D eigenvalue weighted by Gasteiger charge is 2.27. The maximum absolute atomic E-state index is 13.3. The van der Waals surface area contributed by atoms with Gasteiger partial charge in [0, 0.05) is 30.3 Å². The van der Waals surface area contributed by atoms with E-state index < -0.39 is 22.5 Å². The van der Waals surface area contributed by atoms with Crippen molar-refractivity contribution in [2.24, 2.45) is 0 Å². The van der Waals surface area contributed by atoms with Crippen LogP contribution in [0.4, 0.5) is 5.82 Å². The second kappa shape index (κ2) is 11.7. The molecule has 0 saturated carbocycles. The van der Waals surface area contributed by atoms with Crippen LogP contribution >= 0.6 is 11.6 Å². The molecule has 1 heterocycles. The van der Waals surface area contributed by atoms with E-state index in [4.69, 9.17) is 21.4 Å². The summed E-state index contributed by atoms with van der Waals surface area (Å²) < 4.78 is 34.4. The van der Waals surface area contributed by atoms with Crippen LogP contribution < -0.4 is 5.32 Å². The van der Waals surface area contributed by atoms with E-state index in [0.29, 0.717) is 16.5 Å². The average Bonchev–Trinajstić information content (AvgIpc) is 3.31. The number of benzene rings is 3. The summed E-state index contributed by atoms with van der Waals surface area (Å²) in [5.74, 6) is -0.0928. The number of hydrogen-bond donors (Lipinski definition) is 1. The molecule has 0 spiro atoms. The van der Waals surface area contributed by atoms with Crippen LogP contribution in [0.5, 0.6) is 0 Å². The summed E-state index contributed by atoms with van der Waals surface area (Å²) in [5.41, 5.74) is 3.40. The fraction of sp³-hybridized carbons (Fsp3) is 0.185. The number of nitrogens with zero attached hydrogens (tertiary/aromatic N) is 3. The number of hydrogen-bond acceptors (Lipinski definition) is 5. The molecule has 0 aliphatic rings. The molecular formula is C27H27ClN4O4S. The largest absolute Gasteiger partial charge is 0.383 e. The molecule has 192 valence electrons. The number of amides is 1.